The molecule has 4 nitrogen and oxygen atoms in total. The van der Waals surface area contributed by atoms with Gasteiger partial charge in [-0.2, -0.15) is 0 Å². The Kier molecular flexibility index (Phi) is 3.16. The van der Waals surface area contributed by atoms with Gasteiger partial charge in [0.2, 0.25) is 0 Å². The quantitative estimate of drug-likeness (QED) is 0.565. The van der Waals surface area contributed by atoms with Crippen molar-refractivity contribution in [2.45, 2.75) is 12.1 Å². The highest BCUT2D eigenvalue weighted by molar-refractivity contribution is 5.13. The van der Waals surface area contributed by atoms with Gasteiger partial charge in [-0.1, -0.05) is 6.07 Å². The maximum absolute atomic E-state index is 9.46. The molecule has 4 heteroatoms. The number of pyridine rings is 1. The van der Waals surface area contributed by atoms with Gasteiger partial charge >= 0.3 is 0 Å². The fraction of sp³-hybridized carbons (Fsp3) is 0.375. The van der Waals surface area contributed by atoms with Gasteiger partial charge in [0.1, 0.15) is 0 Å². The van der Waals surface area contributed by atoms with Gasteiger partial charge in [0.15, 0.2) is 0 Å². The van der Waals surface area contributed by atoms with Crippen LogP contribution in [0.5, 0.6) is 0 Å². The van der Waals surface area contributed by atoms with Crippen molar-refractivity contribution in [3.05, 3.63) is 30.1 Å². The number of nitrogens with zero attached hydrogens (tertiary/aromatic N) is 1. The Balaban J connectivity index is 2.71. The highest BCUT2D eigenvalue weighted by atomic mass is 16.3. The molecule has 0 bridgehead atoms. The van der Waals surface area contributed by atoms with Crippen LogP contribution in [0.3, 0.4) is 0 Å². The standard InChI is InChI=1S/C8H12N2O2/c9-7(5-11)8(12)6-2-1-3-10-4-6/h1-4,7-8,11-12H,5,9H2/t7-,8-/m0/s1. The van der Waals surface area contributed by atoms with E-state index >= 15 is 0 Å². The number of hydrogen-bond donors (Lipinski definition) is 3. The number of aliphatic hydroxyl groups is 2. The molecule has 1 rings (SSSR count). The van der Waals surface area contributed by atoms with E-state index in [-0.39, 0.29) is 6.61 Å². The highest BCUT2D eigenvalue weighted by Gasteiger charge is 2.15. The molecule has 0 spiro atoms. The van der Waals surface area contributed by atoms with Gasteiger partial charge in [0.25, 0.3) is 0 Å². The van der Waals surface area contributed by atoms with Crippen molar-refractivity contribution in [2.24, 2.45) is 5.73 Å². The molecule has 0 fully saturated rings. The largest absolute Gasteiger partial charge is 0.395 e. The van der Waals surface area contributed by atoms with Crippen LogP contribution in [0.4, 0.5) is 0 Å². The average Bonchev–Trinajstić information content (AvgIpc) is 2.17. The van der Waals surface area contributed by atoms with E-state index < -0.39 is 12.1 Å². The zero-order valence-electron chi connectivity index (χ0n) is 6.59. The molecule has 0 aromatic carbocycles. The lowest BCUT2D eigenvalue weighted by Crippen LogP contribution is -2.31. The molecule has 0 aliphatic rings. The van der Waals surface area contributed by atoms with E-state index in [1.807, 2.05) is 0 Å². The van der Waals surface area contributed by atoms with Crippen LogP contribution in [0.1, 0.15) is 11.7 Å². The molecule has 0 aliphatic heterocycles. The lowest BCUT2D eigenvalue weighted by atomic mass is 10.1. The van der Waals surface area contributed by atoms with Crippen LogP contribution in [-0.4, -0.2) is 27.8 Å². The normalized spacial score (nSPS) is 15.6. The molecular formula is C8H12N2O2. The SMILES string of the molecule is N[C@@H](CO)[C@@H](O)c1cccnc1. The third kappa shape index (κ3) is 2.01. The van der Waals surface area contributed by atoms with E-state index in [9.17, 15) is 5.11 Å². The van der Waals surface area contributed by atoms with Gasteiger partial charge in [0.05, 0.1) is 18.8 Å². The zero-order valence-corrected chi connectivity index (χ0v) is 6.59. The number of aromatic nitrogens is 1. The Hall–Kier alpha value is -0.970. The van der Waals surface area contributed by atoms with Crippen LogP contribution in [0, 0.1) is 0 Å². The molecule has 1 aromatic rings. The molecule has 0 saturated carbocycles. The van der Waals surface area contributed by atoms with Crippen molar-refractivity contribution < 1.29 is 10.2 Å². The molecule has 66 valence electrons. The molecular weight excluding hydrogens is 156 g/mol. The van der Waals surface area contributed by atoms with Gasteiger partial charge in [-0.3, -0.25) is 4.98 Å². The van der Waals surface area contributed by atoms with Crippen LogP contribution in [-0.2, 0) is 0 Å². The molecule has 1 aromatic heterocycles. The van der Waals surface area contributed by atoms with Gasteiger partial charge in [-0.15, -0.1) is 0 Å². The molecule has 0 aliphatic carbocycles. The Morgan fingerprint density at radius 2 is 2.33 bits per heavy atom. The first-order valence-electron chi connectivity index (χ1n) is 3.70. The summed E-state index contributed by atoms with van der Waals surface area (Å²) in [6.45, 7) is -0.240. The summed E-state index contributed by atoms with van der Waals surface area (Å²) in [4.78, 5) is 3.83. The molecule has 0 unspecified atom stereocenters. The van der Waals surface area contributed by atoms with E-state index in [1.165, 1.54) is 6.20 Å². The second-order valence-corrected chi connectivity index (χ2v) is 2.58. The monoisotopic (exact) mass is 168 g/mol. The van der Waals surface area contributed by atoms with Gasteiger partial charge < -0.3 is 15.9 Å². The fourth-order valence-electron chi connectivity index (χ4n) is 0.898. The molecule has 4 N–H and O–H groups in total. The molecule has 12 heavy (non-hydrogen) atoms. The minimum Gasteiger partial charge on any atom is -0.395 e. The zero-order chi connectivity index (χ0) is 8.97. The fourth-order valence-corrected chi connectivity index (χ4v) is 0.898. The third-order valence-corrected chi connectivity index (χ3v) is 1.64. The van der Waals surface area contributed by atoms with Crippen molar-refractivity contribution in [2.75, 3.05) is 6.61 Å². The minimum atomic E-state index is -0.844. The predicted octanol–water partition coefficient (Wildman–Crippen LogP) is -0.565. The van der Waals surface area contributed by atoms with E-state index in [1.54, 1.807) is 18.3 Å². The summed E-state index contributed by atoms with van der Waals surface area (Å²) in [5.41, 5.74) is 6.04. The van der Waals surface area contributed by atoms with Gasteiger partial charge in [-0.25, -0.2) is 0 Å². The number of aliphatic hydroxyl groups excluding tert-OH is 2. The molecule has 0 radical (unpaired) electrons. The molecule has 1 heterocycles. The summed E-state index contributed by atoms with van der Waals surface area (Å²) >= 11 is 0. The van der Waals surface area contributed by atoms with E-state index in [2.05, 4.69) is 4.98 Å². The second-order valence-electron chi connectivity index (χ2n) is 2.58. The van der Waals surface area contributed by atoms with Crippen molar-refractivity contribution in [3.8, 4) is 0 Å². The summed E-state index contributed by atoms with van der Waals surface area (Å²) in [6, 6.07) is 2.78. The first-order valence-corrected chi connectivity index (χ1v) is 3.70. The summed E-state index contributed by atoms with van der Waals surface area (Å²) < 4.78 is 0. The van der Waals surface area contributed by atoms with E-state index in [4.69, 9.17) is 10.8 Å². The predicted molar refractivity (Wildman–Crippen MR) is 44.3 cm³/mol. The molecule has 2 atom stereocenters. The first-order chi connectivity index (χ1) is 5.75. The van der Waals surface area contributed by atoms with Crippen LogP contribution < -0.4 is 5.73 Å². The smallest absolute Gasteiger partial charge is 0.0978 e. The van der Waals surface area contributed by atoms with Crippen LogP contribution in [0.15, 0.2) is 24.5 Å². The third-order valence-electron chi connectivity index (χ3n) is 1.64. The summed E-state index contributed by atoms with van der Waals surface area (Å²) in [5, 5.41) is 18.1. The number of rotatable bonds is 3. The molecule has 0 saturated heterocycles. The van der Waals surface area contributed by atoms with Crippen LogP contribution in [0.2, 0.25) is 0 Å². The Morgan fingerprint density at radius 1 is 1.58 bits per heavy atom. The van der Waals surface area contributed by atoms with Gasteiger partial charge in [0, 0.05) is 18.0 Å². The Bertz CT molecular complexity index is 228. The lowest BCUT2D eigenvalue weighted by Gasteiger charge is -2.15. The van der Waals surface area contributed by atoms with Crippen LogP contribution in [0.25, 0.3) is 0 Å². The van der Waals surface area contributed by atoms with E-state index in [0.717, 1.165) is 0 Å². The second kappa shape index (κ2) is 4.15. The molecule has 0 amide bonds. The first kappa shape index (κ1) is 9.12. The summed E-state index contributed by atoms with van der Waals surface area (Å²) in [7, 11) is 0. The van der Waals surface area contributed by atoms with Crippen molar-refractivity contribution in [1.82, 2.24) is 4.98 Å². The lowest BCUT2D eigenvalue weighted by molar-refractivity contribution is 0.109. The number of hydrogen-bond acceptors (Lipinski definition) is 4. The van der Waals surface area contributed by atoms with Crippen molar-refractivity contribution in [1.29, 1.82) is 0 Å². The van der Waals surface area contributed by atoms with Crippen molar-refractivity contribution in [3.63, 3.8) is 0 Å². The topological polar surface area (TPSA) is 79.4 Å². The summed E-state index contributed by atoms with van der Waals surface area (Å²) in [6.07, 6.45) is 2.30. The van der Waals surface area contributed by atoms with Crippen LogP contribution >= 0.6 is 0 Å². The minimum absolute atomic E-state index is 0.240. The Morgan fingerprint density at radius 3 is 2.83 bits per heavy atom. The number of nitrogens with two attached hydrogens (primary N) is 1. The summed E-state index contributed by atoms with van der Waals surface area (Å²) in [5.74, 6) is 0. The highest BCUT2D eigenvalue weighted by Crippen LogP contribution is 2.12. The maximum atomic E-state index is 9.46. The average molecular weight is 168 g/mol. The van der Waals surface area contributed by atoms with E-state index in [0.29, 0.717) is 5.56 Å². The maximum Gasteiger partial charge on any atom is 0.0978 e. The van der Waals surface area contributed by atoms with Crippen molar-refractivity contribution >= 4 is 0 Å². The van der Waals surface area contributed by atoms with Gasteiger partial charge in [-0.05, 0) is 6.07 Å². The Labute approximate surface area is 70.7 Å².